The average molecular weight is 244 g/mol. The summed E-state index contributed by atoms with van der Waals surface area (Å²) in [6.07, 6.45) is 1.25. The number of nitrogens with one attached hydrogen (secondary N) is 1. The van der Waals surface area contributed by atoms with E-state index < -0.39 is 18.1 Å². The van der Waals surface area contributed by atoms with Crippen molar-refractivity contribution in [3.63, 3.8) is 0 Å². The Morgan fingerprint density at radius 1 is 1.29 bits per heavy atom. The van der Waals surface area contributed by atoms with Crippen molar-refractivity contribution >= 4 is 11.9 Å². The molecule has 0 aliphatic heterocycles. The van der Waals surface area contributed by atoms with Gasteiger partial charge in [0, 0.05) is 0 Å². The van der Waals surface area contributed by atoms with Crippen LogP contribution in [-0.2, 0) is 9.59 Å². The lowest BCUT2D eigenvalue weighted by Crippen LogP contribution is -2.51. The molecule has 0 heterocycles. The lowest BCUT2D eigenvalue weighted by atomic mass is 9.98. The number of hydrogen-bond acceptors (Lipinski definition) is 3. The summed E-state index contributed by atoms with van der Waals surface area (Å²) >= 11 is 0. The standard InChI is InChI=1S/C12H24N2O3/c1-5-8(4)10(12(16)17)14-11(15)9(13)6-7(2)3/h7-10H,5-6,13H2,1-4H3,(H,14,15)(H,16,17)/t8-,9-,10-/m0/s1. The minimum absolute atomic E-state index is 0.109. The molecule has 5 heteroatoms. The lowest BCUT2D eigenvalue weighted by Gasteiger charge is -2.22. The monoisotopic (exact) mass is 244 g/mol. The Morgan fingerprint density at radius 3 is 2.18 bits per heavy atom. The molecule has 100 valence electrons. The maximum Gasteiger partial charge on any atom is 0.326 e. The van der Waals surface area contributed by atoms with Crippen LogP contribution in [0.15, 0.2) is 0 Å². The van der Waals surface area contributed by atoms with Crippen LogP contribution in [0.3, 0.4) is 0 Å². The van der Waals surface area contributed by atoms with Gasteiger partial charge in [0.15, 0.2) is 0 Å². The summed E-state index contributed by atoms with van der Waals surface area (Å²) in [5.41, 5.74) is 5.70. The van der Waals surface area contributed by atoms with Crippen molar-refractivity contribution in [2.75, 3.05) is 0 Å². The molecule has 3 atom stereocenters. The molecule has 17 heavy (non-hydrogen) atoms. The van der Waals surface area contributed by atoms with Crippen molar-refractivity contribution in [2.45, 2.75) is 52.6 Å². The number of carbonyl (C=O) groups is 2. The van der Waals surface area contributed by atoms with Gasteiger partial charge in [0.25, 0.3) is 0 Å². The van der Waals surface area contributed by atoms with Gasteiger partial charge in [-0.05, 0) is 18.3 Å². The zero-order valence-electron chi connectivity index (χ0n) is 11.1. The molecule has 0 aromatic carbocycles. The summed E-state index contributed by atoms with van der Waals surface area (Å²) in [6.45, 7) is 7.63. The van der Waals surface area contributed by atoms with Gasteiger partial charge in [-0.25, -0.2) is 4.79 Å². The minimum Gasteiger partial charge on any atom is -0.480 e. The predicted molar refractivity (Wildman–Crippen MR) is 66.5 cm³/mol. The molecule has 0 aliphatic rings. The van der Waals surface area contributed by atoms with Crippen LogP contribution in [0.5, 0.6) is 0 Å². The Kier molecular flexibility index (Phi) is 6.80. The van der Waals surface area contributed by atoms with E-state index in [0.717, 1.165) is 0 Å². The van der Waals surface area contributed by atoms with Crippen LogP contribution in [0.1, 0.15) is 40.5 Å². The molecule has 5 nitrogen and oxygen atoms in total. The smallest absolute Gasteiger partial charge is 0.326 e. The summed E-state index contributed by atoms with van der Waals surface area (Å²) < 4.78 is 0. The van der Waals surface area contributed by atoms with Gasteiger partial charge in [-0.15, -0.1) is 0 Å². The molecule has 0 rings (SSSR count). The van der Waals surface area contributed by atoms with Crippen LogP contribution in [0.2, 0.25) is 0 Å². The number of amides is 1. The highest BCUT2D eigenvalue weighted by Gasteiger charge is 2.27. The first-order valence-corrected chi connectivity index (χ1v) is 6.08. The Balaban J connectivity index is 4.45. The average Bonchev–Trinajstić information content (AvgIpc) is 2.22. The Hall–Kier alpha value is -1.10. The largest absolute Gasteiger partial charge is 0.480 e. The highest BCUT2D eigenvalue weighted by Crippen LogP contribution is 2.09. The number of carboxylic acid groups (broad SMARTS) is 1. The van der Waals surface area contributed by atoms with Crippen LogP contribution >= 0.6 is 0 Å². The van der Waals surface area contributed by atoms with Crippen molar-refractivity contribution in [2.24, 2.45) is 17.6 Å². The van der Waals surface area contributed by atoms with Crippen LogP contribution in [0.25, 0.3) is 0 Å². The van der Waals surface area contributed by atoms with Crippen LogP contribution in [-0.4, -0.2) is 29.1 Å². The fourth-order valence-electron chi connectivity index (χ4n) is 1.56. The second-order valence-electron chi connectivity index (χ2n) is 4.95. The normalized spacial score (nSPS) is 16.4. The SMILES string of the molecule is CC[C@H](C)[C@H](NC(=O)[C@@H](N)CC(C)C)C(=O)O. The zero-order chi connectivity index (χ0) is 13.6. The Morgan fingerprint density at radius 2 is 1.82 bits per heavy atom. The van der Waals surface area contributed by atoms with Gasteiger partial charge >= 0.3 is 5.97 Å². The van der Waals surface area contributed by atoms with Crippen molar-refractivity contribution in [1.29, 1.82) is 0 Å². The van der Waals surface area contributed by atoms with Crippen LogP contribution in [0.4, 0.5) is 0 Å². The number of rotatable bonds is 7. The lowest BCUT2D eigenvalue weighted by molar-refractivity contribution is -0.143. The number of nitrogens with two attached hydrogens (primary N) is 1. The summed E-state index contributed by atoms with van der Waals surface area (Å²) in [7, 11) is 0. The first kappa shape index (κ1) is 15.9. The molecule has 0 aromatic heterocycles. The molecular formula is C12H24N2O3. The van der Waals surface area contributed by atoms with Gasteiger partial charge in [-0.3, -0.25) is 4.79 Å². The molecule has 0 saturated carbocycles. The topological polar surface area (TPSA) is 92.4 Å². The van der Waals surface area contributed by atoms with Gasteiger partial charge in [-0.2, -0.15) is 0 Å². The molecule has 0 saturated heterocycles. The third-order valence-corrected chi connectivity index (χ3v) is 2.84. The summed E-state index contributed by atoms with van der Waals surface area (Å²) in [5.74, 6) is -1.19. The van der Waals surface area contributed by atoms with Crippen molar-refractivity contribution in [1.82, 2.24) is 5.32 Å². The number of carbonyl (C=O) groups excluding carboxylic acids is 1. The van der Waals surface area contributed by atoms with E-state index in [4.69, 9.17) is 10.8 Å². The van der Waals surface area contributed by atoms with Gasteiger partial charge in [0.05, 0.1) is 6.04 Å². The molecule has 0 unspecified atom stereocenters. The summed E-state index contributed by atoms with van der Waals surface area (Å²) in [4.78, 5) is 22.7. The first-order chi connectivity index (χ1) is 7.79. The van der Waals surface area contributed by atoms with Crippen molar-refractivity contribution in [3.8, 4) is 0 Å². The highest BCUT2D eigenvalue weighted by molar-refractivity contribution is 5.86. The van der Waals surface area contributed by atoms with E-state index in [1.54, 1.807) is 6.92 Å². The quantitative estimate of drug-likeness (QED) is 0.622. The molecule has 0 aromatic rings. The molecule has 0 bridgehead atoms. The zero-order valence-corrected chi connectivity index (χ0v) is 11.1. The number of carboxylic acids is 1. The second-order valence-corrected chi connectivity index (χ2v) is 4.95. The van der Waals surface area contributed by atoms with Gasteiger partial charge in [-0.1, -0.05) is 34.1 Å². The number of aliphatic carboxylic acids is 1. The minimum atomic E-state index is -1.01. The van der Waals surface area contributed by atoms with Gasteiger partial charge in [0.1, 0.15) is 6.04 Å². The first-order valence-electron chi connectivity index (χ1n) is 6.08. The molecule has 0 aliphatic carbocycles. The summed E-state index contributed by atoms with van der Waals surface area (Å²) in [5, 5.41) is 11.5. The molecule has 1 amide bonds. The third kappa shape index (κ3) is 5.68. The van der Waals surface area contributed by atoms with Crippen molar-refractivity contribution < 1.29 is 14.7 Å². The maximum absolute atomic E-state index is 11.7. The molecular weight excluding hydrogens is 220 g/mol. The van der Waals surface area contributed by atoms with E-state index in [1.165, 1.54) is 0 Å². The molecule has 0 fully saturated rings. The van der Waals surface area contributed by atoms with Crippen LogP contribution in [0, 0.1) is 11.8 Å². The Labute approximate surface area is 103 Å². The van der Waals surface area contributed by atoms with Crippen molar-refractivity contribution in [3.05, 3.63) is 0 Å². The summed E-state index contributed by atoms with van der Waals surface area (Å²) in [6, 6.07) is -1.49. The van der Waals surface area contributed by atoms with Gasteiger partial charge in [0.2, 0.25) is 5.91 Å². The molecule has 0 spiro atoms. The van der Waals surface area contributed by atoms with Crippen LogP contribution < -0.4 is 11.1 Å². The van der Waals surface area contributed by atoms with E-state index in [9.17, 15) is 9.59 Å². The Bertz CT molecular complexity index is 266. The van der Waals surface area contributed by atoms with E-state index in [2.05, 4.69) is 5.32 Å². The molecule has 0 radical (unpaired) electrons. The van der Waals surface area contributed by atoms with E-state index >= 15 is 0 Å². The second kappa shape index (κ2) is 7.27. The molecule has 4 N–H and O–H groups in total. The van der Waals surface area contributed by atoms with E-state index in [-0.39, 0.29) is 11.8 Å². The highest BCUT2D eigenvalue weighted by atomic mass is 16.4. The maximum atomic E-state index is 11.7. The van der Waals surface area contributed by atoms with E-state index in [0.29, 0.717) is 18.8 Å². The predicted octanol–water partition coefficient (Wildman–Crippen LogP) is 0.975. The van der Waals surface area contributed by atoms with E-state index in [1.807, 2.05) is 20.8 Å². The fraction of sp³-hybridized carbons (Fsp3) is 0.833. The van der Waals surface area contributed by atoms with Gasteiger partial charge < -0.3 is 16.2 Å². The fourth-order valence-corrected chi connectivity index (χ4v) is 1.56. The number of hydrogen-bond donors (Lipinski definition) is 3. The third-order valence-electron chi connectivity index (χ3n) is 2.84.